The van der Waals surface area contributed by atoms with Crippen molar-refractivity contribution in [1.82, 2.24) is 15.1 Å². The first-order valence-corrected chi connectivity index (χ1v) is 8.16. The van der Waals surface area contributed by atoms with Crippen molar-refractivity contribution >= 4 is 11.9 Å². The molecule has 0 bridgehead atoms. The predicted molar refractivity (Wildman–Crippen MR) is 82.8 cm³/mol. The van der Waals surface area contributed by atoms with E-state index in [2.05, 4.69) is 11.4 Å². The molecule has 1 aliphatic carbocycles. The first kappa shape index (κ1) is 13.6. The lowest BCUT2D eigenvalue weighted by atomic mass is 9.78. The van der Waals surface area contributed by atoms with Crippen molar-refractivity contribution in [2.75, 3.05) is 26.2 Å². The Morgan fingerprint density at radius 2 is 2.00 bits per heavy atom. The molecule has 3 fully saturated rings. The number of urea groups is 1. The first-order valence-electron chi connectivity index (χ1n) is 8.16. The Hall–Kier alpha value is -2.04. The molecule has 0 spiro atoms. The largest absolute Gasteiger partial charge is 0.336 e. The van der Waals surface area contributed by atoms with E-state index in [1.165, 1.54) is 24.8 Å². The molecule has 1 atom stereocenters. The molecule has 1 unspecified atom stereocenters. The minimum absolute atomic E-state index is 0.00645. The van der Waals surface area contributed by atoms with E-state index in [1.54, 1.807) is 0 Å². The first-order chi connectivity index (χ1) is 10.7. The molecule has 22 heavy (non-hydrogen) atoms. The topological polar surface area (TPSA) is 52.7 Å². The van der Waals surface area contributed by atoms with Crippen LogP contribution in [0.15, 0.2) is 24.3 Å². The van der Waals surface area contributed by atoms with E-state index >= 15 is 0 Å². The smallest absolute Gasteiger partial charge is 0.317 e. The maximum absolute atomic E-state index is 12.9. The van der Waals surface area contributed by atoms with Crippen LogP contribution in [0.2, 0.25) is 0 Å². The molecule has 1 saturated carbocycles. The number of fused-ring (bicyclic) bond motifs is 1. The highest BCUT2D eigenvalue weighted by Crippen LogP contribution is 2.38. The van der Waals surface area contributed by atoms with Crippen molar-refractivity contribution in [3.63, 3.8) is 0 Å². The van der Waals surface area contributed by atoms with Crippen molar-refractivity contribution in [2.45, 2.75) is 31.2 Å². The highest BCUT2D eigenvalue weighted by molar-refractivity contribution is 5.96. The number of carbonyl (C=O) groups is 2. The molecule has 5 nitrogen and oxygen atoms in total. The van der Waals surface area contributed by atoms with Gasteiger partial charge in [-0.05, 0) is 30.4 Å². The molecule has 2 heterocycles. The Bertz CT molecular complexity index is 612. The molecular formula is C17H21N3O2. The minimum Gasteiger partial charge on any atom is -0.336 e. The van der Waals surface area contributed by atoms with Gasteiger partial charge in [-0.2, -0.15) is 0 Å². The van der Waals surface area contributed by atoms with Gasteiger partial charge in [0.25, 0.3) is 5.91 Å². The van der Waals surface area contributed by atoms with Crippen molar-refractivity contribution in [2.24, 2.45) is 0 Å². The third-order valence-corrected chi connectivity index (χ3v) is 5.26. The second-order valence-corrected chi connectivity index (χ2v) is 6.50. The average Bonchev–Trinajstić information content (AvgIpc) is 2.86. The van der Waals surface area contributed by atoms with Gasteiger partial charge in [0.1, 0.15) is 0 Å². The van der Waals surface area contributed by atoms with Crippen LogP contribution in [0.4, 0.5) is 4.79 Å². The van der Waals surface area contributed by atoms with Crippen LogP contribution < -0.4 is 5.32 Å². The van der Waals surface area contributed by atoms with Crippen molar-refractivity contribution in [3.8, 4) is 0 Å². The number of nitrogens with zero attached hydrogens (tertiary/aromatic N) is 2. The zero-order valence-electron chi connectivity index (χ0n) is 12.6. The summed E-state index contributed by atoms with van der Waals surface area (Å²) in [6.07, 6.45) is 3.65. The number of nitrogens with one attached hydrogen (secondary N) is 1. The van der Waals surface area contributed by atoms with Gasteiger partial charge in [0, 0.05) is 31.7 Å². The summed E-state index contributed by atoms with van der Waals surface area (Å²) in [5.74, 6) is 0.678. The van der Waals surface area contributed by atoms with E-state index in [9.17, 15) is 9.59 Å². The van der Waals surface area contributed by atoms with Crippen LogP contribution in [0.1, 0.15) is 41.1 Å². The van der Waals surface area contributed by atoms with Gasteiger partial charge in [-0.25, -0.2) is 4.79 Å². The average molecular weight is 299 g/mol. The van der Waals surface area contributed by atoms with Gasteiger partial charge in [0.05, 0.1) is 6.04 Å². The maximum Gasteiger partial charge on any atom is 0.317 e. The fourth-order valence-corrected chi connectivity index (χ4v) is 3.73. The maximum atomic E-state index is 12.9. The highest BCUT2D eigenvalue weighted by atomic mass is 16.2. The number of hydrogen-bond donors (Lipinski definition) is 1. The molecule has 2 aliphatic heterocycles. The Morgan fingerprint density at radius 3 is 2.77 bits per heavy atom. The quantitative estimate of drug-likeness (QED) is 0.905. The summed E-state index contributed by atoms with van der Waals surface area (Å²) in [7, 11) is 0. The Kier molecular flexibility index (Phi) is 3.28. The van der Waals surface area contributed by atoms with E-state index in [0.717, 1.165) is 5.56 Å². The van der Waals surface area contributed by atoms with Crippen LogP contribution in [0.5, 0.6) is 0 Å². The fraction of sp³-hybridized carbons (Fsp3) is 0.529. The molecule has 1 aromatic rings. The van der Waals surface area contributed by atoms with Crippen molar-refractivity contribution in [3.05, 3.63) is 35.4 Å². The zero-order valence-corrected chi connectivity index (χ0v) is 12.6. The summed E-state index contributed by atoms with van der Waals surface area (Å²) in [5, 5.41) is 2.86. The van der Waals surface area contributed by atoms with Gasteiger partial charge in [-0.1, -0.05) is 24.6 Å². The molecule has 1 N–H and O–H groups in total. The summed E-state index contributed by atoms with van der Waals surface area (Å²) in [6, 6.07) is 8.18. The molecule has 3 aliphatic rings. The van der Waals surface area contributed by atoms with Crippen LogP contribution in [0, 0.1) is 0 Å². The predicted octanol–water partition coefficient (Wildman–Crippen LogP) is 1.80. The van der Waals surface area contributed by atoms with Gasteiger partial charge < -0.3 is 15.1 Å². The van der Waals surface area contributed by atoms with E-state index in [0.29, 0.717) is 32.1 Å². The van der Waals surface area contributed by atoms with Gasteiger partial charge in [0.15, 0.2) is 0 Å². The molecule has 2 saturated heterocycles. The molecule has 3 amide bonds. The van der Waals surface area contributed by atoms with E-state index < -0.39 is 0 Å². The number of hydrogen-bond acceptors (Lipinski definition) is 2. The second kappa shape index (κ2) is 5.30. The number of piperazine rings is 1. The van der Waals surface area contributed by atoms with Crippen molar-refractivity contribution in [1.29, 1.82) is 0 Å². The summed E-state index contributed by atoms with van der Waals surface area (Å²) in [6.45, 7) is 2.54. The van der Waals surface area contributed by atoms with Gasteiger partial charge in [-0.3, -0.25) is 4.79 Å². The normalized spacial score (nSPS) is 24.7. The van der Waals surface area contributed by atoms with Gasteiger partial charge >= 0.3 is 6.03 Å². The van der Waals surface area contributed by atoms with Crippen LogP contribution in [-0.4, -0.2) is 54.0 Å². The lowest BCUT2D eigenvalue weighted by Gasteiger charge is -2.37. The third kappa shape index (κ3) is 2.16. The molecule has 5 heteroatoms. The highest BCUT2D eigenvalue weighted by Gasteiger charge is 2.37. The molecular weight excluding hydrogens is 278 g/mol. The molecule has 1 aromatic carbocycles. The van der Waals surface area contributed by atoms with E-state index in [-0.39, 0.29) is 18.0 Å². The lowest BCUT2D eigenvalue weighted by Crippen LogP contribution is -2.53. The SMILES string of the molecule is O=C(c1ccccc1C1CCC1)N1CCN2C(=O)NCC2C1. The van der Waals surface area contributed by atoms with Crippen LogP contribution in [0.3, 0.4) is 0 Å². The number of benzene rings is 1. The summed E-state index contributed by atoms with van der Waals surface area (Å²) in [4.78, 5) is 28.4. The van der Waals surface area contributed by atoms with Gasteiger partial charge in [-0.15, -0.1) is 0 Å². The molecule has 4 rings (SSSR count). The van der Waals surface area contributed by atoms with E-state index in [1.807, 2.05) is 28.0 Å². The number of amides is 3. The van der Waals surface area contributed by atoms with Gasteiger partial charge in [0.2, 0.25) is 0 Å². The van der Waals surface area contributed by atoms with Crippen LogP contribution in [0.25, 0.3) is 0 Å². The molecule has 0 aromatic heterocycles. The summed E-state index contributed by atoms with van der Waals surface area (Å²) < 4.78 is 0. The third-order valence-electron chi connectivity index (χ3n) is 5.26. The Morgan fingerprint density at radius 1 is 1.18 bits per heavy atom. The van der Waals surface area contributed by atoms with E-state index in [4.69, 9.17) is 0 Å². The van der Waals surface area contributed by atoms with Crippen LogP contribution in [-0.2, 0) is 0 Å². The molecule has 0 radical (unpaired) electrons. The van der Waals surface area contributed by atoms with Crippen molar-refractivity contribution < 1.29 is 9.59 Å². The fourth-order valence-electron chi connectivity index (χ4n) is 3.73. The lowest BCUT2D eigenvalue weighted by molar-refractivity contribution is 0.0614. The number of rotatable bonds is 2. The number of carbonyl (C=O) groups excluding carboxylic acids is 2. The molecule has 116 valence electrons. The zero-order chi connectivity index (χ0) is 15.1. The van der Waals surface area contributed by atoms with Crippen LogP contribution >= 0.6 is 0 Å². The Labute approximate surface area is 130 Å². The standard InChI is InChI=1S/C17H21N3O2/c21-16(15-7-2-1-6-14(15)12-4-3-5-12)19-8-9-20-13(11-19)10-18-17(20)22/h1-2,6-7,12-13H,3-5,8-11H2,(H,18,22). The summed E-state index contributed by atoms with van der Waals surface area (Å²) in [5.41, 5.74) is 2.07. The Balaban J connectivity index is 1.54. The minimum atomic E-state index is 0.00645. The summed E-state index contributed by atoms with van der Waals surface area (Å²) >= 11 is 0. The second-order valence-electron chi connectivity index (χ2n) is 6.50. The monoisotopic (exact) mass is 299 g/mol.